The van der Waals surface area contributed by atoms with Crippen LogP contribution >= 0.6 is 0 Å². The van der Waals surface area contributed by atoms with E-state index < -0.39 is 5.92 Å². The number of amides is 3. The summed E-state index contributed by atoms with van der Waals surface area (Å²) in [4.78, 5) is 39.1. The second-order valence-electron chi connectivity index (χ2n) is 9.32. The number of anilines is 2. The molecule has 0 aromatic heterocycles. The van der Waals surface area contributed by atoms with Gasteiger partial charge >= 0.3 is 0 Å². The normalized spacial score (nSPS) is 15.0. The first-order valence-electron chi connectivity index (χ1n) is 12.0. The Morgan fingerprint density at radius 3 is 2.25 bits per heavy atom. The Hall–Kier alpha value is -4.13. The molecule has 3 aromatic carbocycles. The van der Waals surface area contributed by atoms with Crippen LogP contribution in [0.3, 0.4) is 0 Å². The van der Waals surface area contributed by atoms with E-state index in [0.29, 0.717) is 24.5 Å². The highest BCUT2D eigenvalue weighted by atomic mass is 16.5. The average Bonchev–Trinajstić information content (AvgIpc) is 3.23. The molecule has 1 aliphatic heterocycles. The van der Waals surface area contributed by atoms with E-state index in [2.05, 4.69) is 10.6 Å². The fourth-order valence-corrected chi connectivity index (χ4v) is 4.29. The van der Waals surface area contributed by atoms with Crippen molar-refractivity contribution in [2.75, 3.05) is 23.4 Å². The molecule has 1 saturated heterocycles. The minimum absolute atomic E-state index is 0.0908. The Labute approximate surface area is 211 Å². The van der Waals surface area contributed by atoms with Crippen LogP contribution in [0.4, 0.5) is 11.4 Å². The summed E-state index contributed by atoms with van der Waals surface area (Å²) in [5, 5.41) is 5.78. The van der Waals surface area contributed by atoms with E-state index in [9.17, 15) is 14.4 Å². The molecular formula is C29H31N3O4. The van der Waals surface area contributed by atoms with Crippen molar-refractivity contribution in [3.63, 3.8) is 0 Å². The zero-order chi connectivity index (χ0) is 25.7. The van der Waals surface area contributed by atoms with Gasteiger partial charge in [-0.2, -0.15) is 0 Å². The fourth-order valence-electron chi connectivity index (χ4n) is 4.29. The van der Waals surface area contributed by atoms with Crippen molar-refractivity contribution in [2.45, 2.75) is 33.7 Å². The van der Waals surface area contributed by atoms with Gasteiger partial charge in [-0.1, -0.05) is 35.9 Å². The molecule has 0 spiro atoms. The van der Waals surface area contributed by atoms with E-state index in [1.54, 1.807) is 29.2 Å². The maximum Gasteiger partial charge on any atom is 0.262 e. The molecule has 0 radical (unpaired) electrons. The molecule has 1 atom stereocenters. The summed E-state index contributed by atoms with van der Waals surface area (Å²) < 4.78 is 5.61. The van der Waals surface area contributed by atoms with Gasteiger partial charge in [0.25, 0.3) is 5.91 Å². The van der Waals surface area contributed by atoms with Gasteiger partial charge in [0.05, 0.1) is 5.92 Å². The quantitative estimate of drug-likeness (QED) is 0.498. The average molecular weight is 486 g/mol. The van der Waals surface area contributed by atoms with E-state index in [-0.39, 0.29) is 30.7 Å². The first-order valence-corrected chi connectivity index (χ1v) is 12.0. The van der Waals surface area contributed by atoms with Crippen molar-refractivity contribution in [3.05, 3.63) is 89.0 Å². The second kappa shape index (κ2) is 11.1. The summed E-state index contributed by atoms with van der Waals surface area (Å²) in [7, 11) is 0. The first-order chi connectivity index (χ1) is 17.3. The van der Waals surface area contributed by atoms with Crippen LogP contribution in [0.1, 0.15) is 28.7 Å². The number of benzene rings is 3. The molecule has 1 heterocycles. The van der Waals surface area contributed by atoms with Gasteiger partial charge in [-0.15, -0.1) is 0 Å². The zero-order valence-electron chi connectivity index (χ0n) is 20.8. The number of hydrogen-bond acceptors (Lipinski definition) is 4. The summed E-state index contributed by atoms with van der Waals surface area (Å²) >= 11 is 0. The van der Waals surface area contributed by atoms with Crippen molar-refractivity contribution >= 4 is 29.1 Å². The van der Waals surface area contributed by atoms with Crippen molar-refractivity contribution in [3.8, 4) is 5.75 Å². The van der Waals surface area contributed by atoms with Crippen molar-refractivity contribution in [2.24, 2.45) is 5.92 Å². The monoisotopic (exact) mass is 485 g/mol. The van der Waals surface area contributed by atoms with Crippen LogP contribution in [0, 0.1) is 26.7 Å². The Morgan fingerprint density at radius 2 is 1.58 bits per heavy atom. The molecule has 7 nitrogen and oxygen atoms in total. The van der Waals surface area contributed by atoms with E-state index in [1.165, 1.54) is 5.56 Å². The minimum Gasteiger partial charge on any atom is -0.484 e. The van der Waals surface area contributed by atoms with Gasteiger partial charge in [-0.05, 0) is 73.9 Å². The van der Waals surface area contributed by atoms with Crippen LogP contribution in [0.2, 0.25) is 0 Å². The number of aryl methyl sites for hydroxylation is 3. The first kappa shape index (κ1) is 25.0. The lowest BCUT2D eigenvalue weighted by Gasteiger charge is -2.17. The van der Waals surface area contributed by atoms with Gasteiger partial charge in [0.1, 0.15) is 5.75 Å². The lowest BCUT2D eigenvalue weighted by atomic mass is 10.1. The van der Waals surface area contributed by atoms with E-state index in [1.807, 2.05) is 63.2 Å². The van der Waals surface area contributed by atoms with Crippen LogP contribution in [0.5, 0.6) is 5.75 Å². The van der Waals surface area contributed by atoms with Crippen LogP contribution in [-0.4, -0.2) is 30.9 Å². The standard InChI is InChI=1S/C29H31N3O4/c1-19-4-6-22(7-5-19)16-30-29(35)23-15-28(34)32(17-23)25-8-10-26(11-9-25)36-18-27(33)31-24-13-20(2)12-21(3)14-24/h4-14,23H,15-18H2,1-3H3,(H,30,35)(H,31,33)/t23-/m1/s1. The highest BCUT2D eigenvalue weighted by Crippen LogP contribution is 2.27. The second-order valence-corrected chi connectivity index (χ2v) is 9.32. The Balaban J connectivity index is 1.27. The molecule has 0 bridgehead atoms. The van der Waals surface area contributed by atoms with E-state index in [4.69, 9.17) is 4.74 Å². The van der Waals surface area contributed by atoms with Crippen molar-refractivity contribution in [1.29, 1.82) is 0 Å². The highest BCUT2D eigenvalue weighted by Gasteiger charge is 2.35. The topological polar surface area (TPSA) is 87.7 Å². The SMILES string of the molecule is Cc1ccc(CNC(=O)[C@@H]2CC(=O)N(c3ccc(OCC(=O)Nc4cc(C)cc(C)c4)cc3)C2)cc1. The smallest absolute Gasteiger partial charge is 0.262 e. The minimum atomic E-state index is -0.396. The molecule has 1 fully saturated rings. The van der Waals surface area contributed by atoms with Gasteiger partial charge in [-0.3, -0.25) is 14.4 Å². The Bertz CT molecular complexity index is 1230. The summed E-state index contributed by atoms with van der Waals surface area (Å²) in [5.74, 6) is -0.340. The predicted octanol–water partition coefficient (Wildman–Crippen LogP) is 4.30. The Kier molecular flexibility index (Phi) is 7.68. The number of nitrogens with zero attached hydrogens (tertiary/aromatic N) is 1. The molecule has 186 valence electrons. The molecular weight excluding hydrogens is 454 g/mol. The molecule has 0 aliphatic carbocycles. The molecule has 0 unspecified atom stereocenters. The highest BCUT2D eigenvalue weighted by molar-refractivity contribution is 6.00. The van der Waals surface area contributed by atoms with Crippen molar-refractivity contribution < 1.29 is 19.1 Å². The molecule has 2 N–H and O–H groups in total. The molecule has 36 heavy (non-hydrogen) atoms. The molecule has 3 amide bonds. The van der Waals surface area contributed by atoms with Crippen LogP contribution in [-0.2, 0) is 20.9 Å². The maximum atomic E-state index is 12.6. The summed E-state index contributed by atoms with van der Waals surface area (Å²) in [5.41, 5.74) is 5.77. The largest absolute Gasteiger partial charge is 0.484 e. The number of carbonyl (C=O) groups is 3. The maximum absolute atomic E-state index is 12.6. The van der Waals surface area contributed by atoms with E-state index in [0.717, 1.165) is 22.4 Å². The third-order valence-electron chi connectivity index (χ3n) is 6.11. The van der Waals surface area contributed by atoms with Gasteiger partial charge in [-0.25, -0.2) is 0 Å². The van der Waals surface area contributed by atoms with Gasteiger partial charge in [0.2, 0.25) is 11.8 Å². The molecule has 4 rings (SSSR count). The van der Waals surface area contributed by atoms with Gasteiger partial charge < -0.3 is 20.3 Å². The van der Waals surface area contributed by atoms with Gasteiger partial charge in [0, 0.05) is 30.9 Å². The predicted molar refractivity (Wildman–Crippen MR) is 140 cm³/mol. The van der Waals surface area contributed by atoms with Gasteiger partial charge in [0.15, 0.2) is 6.61 Å². The third-order valence-corrected chi connectivity index (χ3v) is 6.11. The summed E-state index contributed by atoms with van der Waals surface area (Å²) in [6.45, 7) is 6.61. The van der Waals surface area contributed by atoms with Crippen molar-refractivity contribution in [1.82, 2.24) is 5.32 Å². The van der Waals surface area contributed by atoms with Crippen LogP contribution in [0.25, 0.3) is 0 Å². The summed E-state index contributed by atoms with van der Waals surface area (Å²) in [6, 6.07) is 20.8. The van der Waals surface area contributed by atoms with Crippen LogP contribution in [0.15, 0.2) is 66.7 Å². The Morgan fingerprint density at radius 1 is 0.917 bits per heavy atom. The number of nitrogens with one attached hydrogen (secondary N) is 2. The number of rotatable bonds is 8. The zero-order valence-corrected chi connectivity index (χ0v) is 20.8. The molecule has 7 heteroatoms. The number of ether oxygens (including phenoxy) is 1. The van der Waals surface area contributed by atoms with Crippen LogP contribution < -0.4 is 20.3 Å². The fraction of sp³-hybridized carbons (Fsp3) is 0.276. The third kappa shape index (κ3) is 6.50. The molecule has 0 saturated carbocycles. The number of hydrogen-bond donors (Lipinski definition) is 2. The number of carbonyl (C=O) groups excluding carboxylic acids is 3. The van der Waals surface area contributed by atoms with E-state index >= 15 is 0 Å². The lowest BCUT2D eigenvalue weighted by molar-refractivity contribution is -0.126. The molecule has 1 aliphatic rings. The molecule has 3 aromatic rings. The lowest BCUT2D eigenvalue weighted by Crippen LogP contribution is -2.32. The summed E-state index contributed by atoms with van der Waals surface area (Å²) in [6.07, 6.45) is 0.177.